The quantitative estimate of drug-likeness (QED) is 0.708. The van der Waals surface area contributed by atoms with Gasteiger partial charge in [-0.15, -0.1) is 0 Å². The van der Waals surface area contributed by atoms with Crippen LogP contribution in [0.15, 0.2) is 30.6 Å². The van der Waals surface area contributed by atoms with E-state index in [9.17, 15) is 0 Å². The highest BCUT2D eigenvalue weighted by atomic mass is 16.5. The zero-order chi connectivity index (χ0) is 13.0. The molecule has 0 unspecified atom stereocenters. The van der Waals surface area contributed by atoms with Crippen molar-refractivity contribution in [2.45, 2.75) is 26.5 Å². The molecule has 5 nitrogen and oxygen atoms in total. The Bertz CT molecular complexity index is 494. The molecule has 0 aliphatic carbocycles. The molecule has 18 heavy (non-hydrogen) atoms. The molecule has 0 aliphatic heterocycles. The summed E-state index contributed by atoms with van der Waals surface area (Å²) in [7, 11) is 0. The Labute approximate surface area is 106 Å². The van der Waals surface area contributed by atoms with Crippen LogP contribution in [0.4, 0.5) is 11.4 Å². The molecule has 1 aromatic carbocycles. The number of nitrogen functional groups attached to an aromatic ring is 1. The summed E-state index contributed by atoms with van der Waals surface area (Å²) in [6.07, 6.45) is 3.75. The van der Waals surface area contributed by atoms with Crippen molar-refractivity contribution in [2.24, 2.45) is 0 Å². The smallest absolute Gasteiger partial charge is 0.144 e. The lowest BCUT2D eigenvalue weighted by atomic mass is 10.2. The highest BCUT2D eigenvalue weighted by molar-refractivity contribution is 5.61. The number of anilines is 2. The molecule has 0 amide bonds. The number of hydrogen-bond acceptors (Lipinski definition) is 4. The van der Waals surface area contributed by atoms with E-state index in [2.05, 4.69) is 15.5 Å². The van der Waals surface area contributed by atoms with Crippen LogP contribution in [0.25, 0.3) is 0 Å². The number of H-pyrrole nitrogens is 1. The first-order valence-electron chi connectivity index (χ1n) is 5.93. The zero-order valence-corrected chi connectivity index (χ0v) is 10.6. The Morgan fingerprint density at radius 3 is 2.94 bits per heavy atom. The Morgan fingerprint density at radius 1 is 1.44 bits per heavy atom. The number of rotatable bonds is 5. The second-order valence-electron chi connectivity index (χ2n) is 4.38. The van der Waals surface area contributed by atoms with Crippen LogP contribution in [0.2, 0.25) is 0 Å². The van der Waals surface area contributed by atoms with Crippen molar-refractivity contribution in [1.82, 2.24) is 10.2 Å². The van der Waals surface area contributed by atoms with Gasteiger partial charge in [0, 0.05) is 30.1 Å². The Kier molecular flexibility index (Phi) is 3.72. The SMILES string of the molecule is CC(C)Oc1cc(NCc2cn[nH]c2)ccc1N. The molecular formula is C13H18N4O. The van der Waals surface area contributed by atoms with Gasteiger partial charge in [-0.25, -0.2) is 0 Å². The first-order valence-corrected chi connectivity index (χ1v) is 5.93. The first kappa shape index (κ1) is 12.3. The molecule has 96 valence electrons. The summed E-state index contributed by atoms with van der Waals surface area (Å²) in [6, 6.07) is 5.69. The van der Waals surface area contributed by atoms with E-state index in [-0.39, 0.29) is 6.10 Å². The number of ether oxygens (including phenoxy) is 1. The highest BCUT2D eigenvalue weighted by Gasteiger charge is 2.04. The molecule has 0 saturated heterocycles. The van der Waals surface area contributed by atoms with Crippen molar-refractivity contribution in [2.75, 3.05) is 11.1 Å². The maximum Gasteiger partial charge on any atom is 0.144 e. The van der Waals surface area contributed by atoms with E-state index in [0.29, 0.717) is 18.0 Å². The summed E-state index contributed by atoms with van der Waals surface area (Å²) in [4.78, 5) is 0. The van der Waals surface area contributed by atoms with Gasteiger partial charge in [0.25, 0.3) is 0 Å². The minimum Gasteiger partial charge on any atom is -0.489 e. The van der Waals surface area contributed by atoms with E-state index in [1.807, 2.05) is 38.2 Å². The van der Waals surface area contributed by atoms with E-state index in [1.54, 1.807) is 6.20 Å². The Balaban J connectivity index is 2.04. The molecule has 2 rings (SSSR count). The van der Waals surface area contributed by atoms with Gasteiger partial charge in [0.2, 0.25) is 0 Å². The van der Waals surface area contributed by atoms with E-state index in [4.69, 9.17) is 10.5 Å². The molecule has 0 fully saturated rings. The molecule has 0 spiro atoms. The van der Waals surface area contributed by atoms with Gasteiger partial charge in [-0.1, -0.05) is 0 Å². The normalized spacial score (nSPS) is 10.6. The van der Waals surface area contributed by atoms with Crippen molar-refractivity contribution in [3.8, 4) is 5.75 Å². The molecule has 5 heteroatoms. The van der Waals surface area contributed by atoms with Crippen LogP contribution in [0.3, 0.4) is 0 Å². The molecule has 2 aromatic rings. The number of nitrogens with two attached hydrogens (primary N) is 1. The number of hydrogen-bond donors (Lipinski definition) is 3. The first-order chi connectivity index (χ1) is 8.65. The van der Waals surface area contributed by atoms with E-state index < -0.39 is 0 Å². The third-order valence-electron chi connectivity index (χ3n) is 2.43. The van der Waals surface area contributed by atoms with Crippen LogP contribution >= 0.6 is 0 Å². The van der Waals surface area contributed by atoms with Crippen LogP contribution in [0, 0.1) is 0 Å². The monoisotopic (exact) mass is 246 g/mol. The number of nitrogens with zero attached hydrogens (tertiary/aromatic N) is 1. The number of aromatic amines is 1. The summed E-state index contributed by atoms with van der Waals surface area (Å²) >= 11 is 0. The minimum atomic E-state index is 0.108. The Morgan fingerprint density at radius 2 is 2.28 bits per heavy atom. The maximum atomic E-state index is 5.86. The summed E-state index contributed by atoms with van der Waals surface area (Å²) < 4.78 is 5.64. The van der Waals surface area contributed by atoms with Gasteiger partial charge < -0.3 is 15.8 Å². The lowest BCUT2D eigenvalue weighted by Gasteiger charge is -2.14. The predicted octanol–water partition coefficient (Wildman–Crippen LogP) is 2.39. The van der Waals surface area contributed by atoms with Gasteiger partial charge in [-0.2, -0.15) is 5.10 Å². The molecule has 0 bridgehead atoms. The van der Waals surface area contributed by atoms with Gasteiger partial charge >= 0.3 is 0 Å². The van der Waals surface area contributed by atoms with Crippen LogP contribution in [-0.4, -0.2) is 16.3 Å². The van der Waals surface area contributed by atoms with Gasteiger partial charge in [-0.05, 0) is 26.0 Å². The summed E-state index contributed by atoms with van der Waals surface area (Å²) in [6.45, 7) is 4.66. The lowest BCUT2D eigenvalue weighted by molar-refractivity contribution is 0.244. The fourth-order valence-corrected chi connectivity index (χ4v) is 1.58. The second kappa shape index (κ2) is 5.44. The number of aromatic nitrogens is 2. The topological polar surface area (TPSA) is 76.0 Å². The zero-order valence-electron chi connectivity index (χ0n) is 10.6. The maximum absolute atomic E-state index is 5.86. The minimum absolute atomic E-state index is 0.108. The molecule has 4 N–H and O–H groups in total. The largest absolute Gasteiger partial charge is 0.489 e. The molecule has 0 aliphatic rings. The lowest BCUT2D eigenvalue weighted by Crippen LogP contribution is -2.08. The van der Waals surface area contributed by atoms with E-state index in [0.717, 1.165) is 11.3 Å². The molecule has 1 heterocycles. The van der Waals surface area contributed by atoms with Crippen molar-refractivity contribution < 1.29 is 4.74 Å². The van der Waals surface area contributed by atoms with Crippen molar-refractivity contribution >= 4 is 11.4 Å². The molecule has 0 atom stereocenters. The summed E-state index contributed by atoms with van der Waals surface area (Å²) in [5, 5.41) is 9.97. The second-order valence-corrected chi connectivity index (χ2v) is 4.38. The van der Waals surface area contributed by atoms with Crippen LogP contribution in [0.1, 0.15) is 19.4 Å². The number of benzene rings is 1. The fourth-order valence-electron chi connectivity index (χ4n) is 1.58. The predicted molar refractivity (Wildman–Crippen MR) is 72.5 cm³/mol. The van der Waals surface area contributed by atoms with E-state index in [1.165, 1.54) is 0 Å². The molecule has 1 aromatic heterocycles. The van der Waals surface area contributed by atoms with Gasteiger partial charge in [0.15, 0.2) is 0 Å². The summed E-state index contributed by atoms with van der Waals surface area (Å²) in [5.74, 6) is 0.710. The molecule has 0 radical (unpaired) electrons. The fraction of sp³-hybridized carbons (Fsp3) is 0.308. The molecular weight excluding hydrogens is 228 g/mol. The van der Waals surface area contributed by atoms with Crippen LogP contribution in [-0.2, 0) is 6.54 Å². The highest BCUT2D eigenvalue weighted by Crippen LogP contribution is 2.26. The Hall–Kier alpha value is -2.17. The third kappa shape index (κ3) is 3.16. The summed E-state index contributed by atoms with van der Waals surface area (Å²) in [5.41, 5.74) is 8.58. The van der Waals surface area contributed by atoms with Gasteiger partial charge in [-0.3, -0.25) is 5.10 Å². The van der Waals surface area contributed by atoms with Crippen LogP contribution in [0.5, 0.6) is 5.75 Å². The van der Waals surface area contributed by atoms with Gasteiger partial charge in [0.05, 0.1) is 18.0 Å². The van der Waals surface area contributed by atoms with Crippen molar-refractivity contribution in [3.63, 3.8) is 0 Å². The standard InChI is InChI=1S/C13H18N4O/c1-9(2)18-13-5-11(3-4-12(13)14)15-6-10-7-16-17-8-10/h3-5,7-9,15H,6,14H2,1-2H3,(H,16,17). The van der Waals surface area contributed by atoms with Crippen molar-refractivity contribution in [3.05, 3.63) is 36.2 Å². The van der Waals surface area contributed by atoms with E-state index >= 15 is 0 Å². The average molecular weight is 246 g/mol. The van der Waals surface area contributed by atoms with Gasteiger partial charge in [0.1, 0.15) is 5.75 Å². The number of nitrogens with one attached hydrogen (secondary N) is 2. The van der Waals surface area contributed by atoms with Crippen LogP contribution < -0.4 is 15.8 Å². The van der Waals surface area contributed by atoms with Crippen molar-refractivity contribution in [1.29, 1.82) is 0 Å². The third-order valence-corrected chi connectivity index (χ3v) is 2.43. The molecule has 0 saturated carbocycles. The average Bonchev–Trinajstić information content (AvgIpc) is 2.82.